The van der Waals surface area contributed by atoms with Gasteiger partial charge in [0.2, 0.25) is 27.7 Å². The number of benzene rings is 2. The molecule has 2 aromatic carbocycles. The molecule has 2 heterocycles. The van der Waals surface area contributed by atoms with Crippen LogP contribution in [0.5, 0.6) is 11.5 Å². The SMILES string of the molecule is C=CC1CC1(NC(=O)[C@@H]1C[C@@H](Oc2cc(-c3ccccc3)nc3cc(OC)ccc23)CN1C(=O)[C@@H](NC(=O)C(C)(C)C)C(C)(C)C)C(=O)NS(=O)(=O)C1CC1. The van der Waals surface area contributed by atoms with Gasteiger partial charge in [0, 0.05) is 40.8 Å². The van der Waals surface area contributed by atoms with Crippen LogP contribution in [0.15, 0.2) is 67.3 Å². The minimum absolute atomic E-state index is 0.0182. The van der Waals surface area contributed by atoms with Crippen LogP contribution in [0.3, 0.4) is 0 Å². The van der Waals surface area contributed by atoms with Gasteiger partial charge in [-0.15, -0.1) is 6.58 Å². The first-order chi connectivity index (χ1) is 25.8. The Morgan fingerprint density at radius 3 is 2.29 bits per heavy atom. The van der Waals surface area contributed by atoms with E-state index in [-0.39, 0.29) is 25.3 Å². The number of nitrogens with zero attached hydrogens (tertiary/aromatic N) is 2. The lowest BCUT2D eigenvalue weighted by Gasteiger charge is -2.37. The number of fused-ring (bicyclic) bond motifs is 1. The molecule has 0 bridgehead atoms. The molecule has 1 aromatic heterocycles. The molecule has 294 valence electrons. The highest BCUT2D eigenvalue weighted by Crippen LogP contribution is 2.46. The fraction of sp³-hybridized carbons (Fsp3) is 0.488. The van der Waals surface area contributed by atoms with E-state index in [9.17, 15) is 27.6 Å². The molecule has 6 rings (SSSR count). The Labute approximate surface area is 322 Å². The number of likely N-dealkylation sites (tertiary alicyclic amines) is 1. The Morgan fingerprint density at radius 1 is 1.02 bits per heavy atom. The predicted molar refractivity (Wildman–Crippen MR) is 208 cm³/mol. The summed E-state index contributed by atoms with van der Waals surface area (Å²) in [6.45, 7) is 14.5. The van der Waals surface area contributed by atoms with Crippen molar-refractivity contribution >= 4 is 44.6 Å². The largest absolute Gasteiger partial charge is 0.497 e. The average Bonchev–Trinajstić information content (AvgIpc) is 4.06. The molecular weight excluding hydrogens is 723 g/mol. The van der Waals surface area contributed by atoms with Crippen molar-refractivity contribution in [2.24, 2.45) is 16.7 Å². The molecule has 55 heavy (non-hydrogen) atoms. The van der Waals surface area contributed by atoms with Crippen LogP contribution < -0.4 is 24.8 Å². The fourth-order valence-electron chi connectivity index (χ4n) is 6.89. The smallest absolute Gasteiger partial charge is 0.259 e. The predicted octanol–water partition coefficient (Wildman–Crippen LogP) is 4.51. The lowest BCUT2D eigenvalue weighted by atomic mass is 9.84. The number of amides is 4. The summed E-state index contributed by atoms with van der Waals surface area (Å²) >= 11 is 0. The number of sulfonamides is 1. The van der Waals surface area contributed by atoms with Gasteiger partial charge in [0.1, 0.15) is 35.2 Å². The van der Waals surface area contributed by atoms with E-state index in [4.69, 9.17) is 14.5 Å². The molecule has 3 N–H and O–H groups in total. The van der Waals surface area contributed by atoms with E-state index >= 15 is 0 Å². The van der Waals surface area contributed by atoms with Crippen molar-refractivity contribution in [3.8, 4) is 22.8 Å². The van der Waals surface area contributed by atoms with Crippen LogP contribution >= 0.6 is 0 Å². The maximum Gasteiger partial charge on any atom is 0.259 e. The van der Waals surface area contributed by atoms with E-state index < -0.39 is 73.5 Å². The van der Waals surface area contributed by atoms with E-state index in [1.165, 1.54) is 11.0 Å². The van der Waals surface area contributed by atoms with Crippen LogP contribution in [-0.4, -0.2) is 84.6 Å². The Bertz CT molecular complexity index is 2120. The number of ether oxygens (including phenoxy) is 2. The van der Waals surface area contributed by atoms with Gasteiger partial charge in [-0.05, 0) is 36.8 Å². The van der Waals surface area contributed by atoms with Crippen LogP contribution in [-0.2, 0) is 29.2 Å². The summed E-state index contributed by atoms with van der Waals surface area (Å²) in [5, 5.41) is 5.81. The molecule has 3 aliphatic rings. The highest BCUT2D eigenvalue weighted by molar-refractivity contribution is 7.91. The fourth-order valence-corrected chi connectivity index (χ4v) is 8.26. The van der Waals surface area contributed by atoms with E-state index in [2.05, 4.69) is 21.9 Å². The zero-order chi connectivity index (χ0) is 40.1. The highest BCUT2D eigenvalue weighted by atomic mass is 32.2. The lowest BCUT2D eigenvalue weighted by Crippen LogP contribution is -2.60. The maximum absolute atomic E-state index is 14.7. The van der Waals surface area contributed by atoms with Crippen LogP contribution in [0.25, 0.3) is 22.2 Å². The number of nitrogens with one attached hydrogen (secondary N) is 3. The second kappa shape index (κ2) is 14.6. The van der Waals surface area contributed by atoms with Crippen LogP contribution in [0.1, 0.15) is 67.2 Å². The molecule has 3 aromatic rings. The van der Waals surface area contributed by atoms with Crippen molar-refractivity contribution in [3.05, 3.63) is 67.3 Å². The number of aromatic nitrogens is 1. The molecule has 0 radical (unpaired) electrons. The Kier molecular flexibility index (Phi) is 10.5. The number of rotatable bonds is 12. The van der Waals surface area contributed by atoms with Gasteiger partial charge in [-0.2, -0.15) is 0 Å². The van der Waals surface area contributed by atoms with Crippen molar-refractivity contribution in [2.75, 3.05) is 13.7 Å². The molecule has 2 unspecified atom stereocenters. The van der Waals surface area contributed by atoms with E-state index in [1.807, 2.05) is 63.2 Å². The summed E-state index contributed by atoms with van der Waals surface area (Å²) in [7, 11) is -2.33. The Morgan fingerprint density at radius 2 is 1.71 bits per heavy atom. The van der Waals surface area contributed by atoms with E-state index in [0.717, 1.165) is 5.56 Å². The topological polar surface area (TPSA) is 173 Å². The van der Waals surface area contributed by atoms with Crippen LogP contribution in [0.4, 0.5) is 0 Å². The zero-order valence-corrected chi connectivity index (χ0v) is 33.3. The number of methoxy groups -OCH3 is 1. The standard InChI is InChI=1S/C41H51N5O8S/c1-9-25-22-41(25,38(50)45-55(51,52)28-16-17-28)44-35(47)32-20-27(23-46(32)36(48)34(39(2,3)4)43-37(49)40(5,6)7)54-33-21-30(24-13-11-10-12-14-24)42-31-19-26(53-8)15-18-29(31)33/h9-15,18-19,21,25,27-28,32,34H,1,16-17,20,22-23H2,2-8H3,(H,43,49)(H,44,47)(H,45,50)/t25?,27-,32+,34-,41?/m1/s1. The molecule has 4 amide bonds. The normalized spacial score (nSPS) is 23.0. The van der Waals surface area contributed by atoms with Crippen LogP contribution in [0, 0.1) is 16.7 Å². The highest BCUT2D eigenvalue weighted by Gasteiger charge is 2.62. The second-order valence-corrected chi connectivity index (χ2v) is 18.9. The van der Waals surface area contributed by atoms with Gasteiger partial charge in [-0.1, -0.05) is 78.0 Å². The van der Waals surface area contributed by atoms with Gasteiger partial charge in [0.25, 0.3) is 5.91 Å². The molecule has 1 saturated heterocycles. The van der Waals surface area contributed by atoms with Gasteiger partial charge in [0.15, 0.2) is 0 Å². The minimum Gasteiger partial charge on any atom is -0.497 e. The first kappa shape index (κ1) is 39.7. The van der Waals surface area contributed by atoms with E-state index in [1.54, 1.807) is 40.0 Å². The monoisotopic (exact) mass is 773 g/mol. The summed E-state index contributed by atoms with van der Waals surface area (Å²) in [5.41, 5.74) is -0.993. The minimum atomic E-state index is -3.90. The summed E-state index contributed by atoms with van der Waals surface area (Å²) < 4.78 is 39.9. The second-order valence-electron chi connectivity index (χ2n) is 16.9. The number of pyridine rings is 1. The third kappa shape index (κ3) is 8.34. The molecule has 1 aliphatic heterocycles. The van der Waals surface area contributed by atoms with Crippen molar-refractivity contribution in [1.82, 2.24) is 25.2 Å². The third-order valence-electron chi connectivity index (χ3n) is 10.5. The molecular formula is C41H51N5O8S. The van der Waals surface area contributed by atoms with Crippen LogP contribution in [0.2, 0.25) is 0 Å². The Hall–Kier alpha value is -4.98. The molecule has 2 saturated carbocycles. The van der Waals surface area contributed by atoms with Gasteiger partial charge >= 0.3 is 0 Å². The van der Waals surface area contributed by atoms with Gasteiger partial charge in [-0.3, -0.25) is 23.9 Å². The first-order valence-corrected chi connectivity index (χ1v) is 20.1. The maximum atomic E-state index is 14.7. The molecule has 13 nitrogen and oxygen atoms in total. The zero-order valence-electron chi connectivity index (χ0n) is 32.5. The summed E-state index contributed by atoms with van der Waals surface area (Å²) in [6, 6.07) is 14.7. The Balaban J connectivity index is 1.35. The van der Waals surface area contributed by atoms with Gasteiger partial charge in [-0.25, -0.2) is 13.4 Å². The summed E-state index contributed by atoms with van der Waals surface area (Å²) in [6.07, 6.45) is 1.92. The van der Waals surface area contributed by atoms with Crippen molar-refractivity contribution < 1.29 is 37.1 Å². The van der Waals surface area contributed by atoms with Crippen molar-refractivity contribution in [1.29, 1.82) is 0 Å². The van der Waals surface area contributed by atoms with Gasteiger partial charge in [0.05, 0.1) is 30.1 Å². The third-order valence-corrected chi connectivity index (χ3v) is 12.3. The summed E-state index contributed by atoms with van der Waals surface area (Å²) in [5.74, 6) is -1.74. The van der Waals surface area contributed by atoms with Crippen molar-refractivity contribution in [3.63, 3.8) is 0 Å². The quantitative estimate of drug-likeness (QED) is 0.224. The first-order valence-electron chi connectivity index (χ1n) is 18.6. The van der Waals surface area contributed by atoms with E-state index in [0.29, 0.717) is 40.9 Å². The lowest BCUT2D eigenvalue weighted by molar-refractivity contribution is -0.145. The number of hydrogen-bond donors (Lipinski definition) is 3. The number of hydrogen-bond acceptors (Lipinski definition) is 9. The van der Waals surface area contributed by atoms with Crippen molar-refractivity contribution in [2.45, 2.75) is 96.2 Å². The molecule has 3 fully saturated rings. The molecule has 5 atom stereocenters. The average molecular weight is 774 g/mol. The number of carbonyl (C=O) groups is 4. The van der Waals surface area contributed by atoms with Gasteiger partial charge < -0.3 is 25.0 Å². The molecule has 0 spiro atoms. The molecule has 2 aliphatic carbocycles. The molecule has 14 heteroatoms. The number of carbonyl (C=O) groups excluding carboxylic acids is 4. The summed E-state index contributed by atoms with van der Waals surface area (Å²) in [4.78, 5) is 62.2.